The molecule has 0 saturated heterocycles. The average molecular weight is 230 g/mol. The van der Waals surface area contributed by atoms with Crippen molar-refractivity contribution in [1.29, 1.82) is 0 Å². The van der Waals surface area contributed by atoms with Gasteiger partial charge in [-0.1, -0.05) is 12.8 Å². The van der Waals surface area contributed by atoms with E-state index >= 15 is 0 Å². The number of hydrogen-bond donors (Lipinski definition) is 2. The summed E-state index contributed by atoms with van der Waals surface area (Å²) in [7, 11) is 0. The maximum Gasteiger partial charge on any atom is 0.233 e. The van der Waals surface area contributed by atoms with Crippen molar-refractivity contribution < 1.29 is 4.79 Å². The molecule has 0 aromatic rings. The molecule has 0 bridgehead atoms. The van der Waals surface area contributed by atoms with E-state index in [2.05, 4.69) is 16.9 Å². The second-order valence-corrected chi connectivity index (χ2v) is 5.43. The van der Waals surface area contributed by atoms with Gasteiger partial charge in [0, 0.05) is 17.8 Å². The van der Waals surface area contributed by atoms with Crippen LogP contribution in [0, 0.1) is 0 Å². The summed E-state index contributed by atoms with van der Waals surface area (Å²) in [5.74, 6) is 0.103. The molecule has 1 amide bonds. The lowest BCUT2D eigenvalue weighted by Gasteiger charge is -2.26. The first-order valence-corrected chi connectivity index (χ1v) is 6.97. The summed E-state index contributed by atoms with van der Waals surface area (Å²) < 4.78 is 0.395. The minimum absolute atomic E-state index is 0.103. The summed E-state index contributed by atoms with van der Waals surface area (Å²) >= 11 is 1.95. The number of likely N-dealkylation sites (N-methyl/N-ethyl adjacent to an activating group) is 1. The van der Waals surface area contributed by atoms with E-state index in [0.717, 1.165) is 6.54 Å². The molecule has 0 atom stereocenters. The summed E-state index contributed by atoms with van der Waals surface area (Å²) in [5, 5.41) is 6.06. The Kier molecular flexibility index (Phi) is 5.47. The molecular formula is C11H22N2OS. The first kappa shape index (κ1) is 12.8. The minimum atomic E-state index is 0.103. The molecule has 15 heavy (non-hydrogen) atoms. The second kappa shape index (κ2) is 6.38. The normalized spacial score (nSPS) is 19.1. The Balaban J connectivity index is 2.20. The second-order valence-electron chi connectivity index (χ2n) is 4.15. The summed E-state index contributed by atoms with van der Waals surface area (Å²) in [5.41, 5.74) is 0. The monoisotopic (exact) mass is 230 g/mol. The highest BCUT2D eigenvalue weighted by molar-refractivity contribution is 8.00. The molecule has 1 rings (SSSR count). The Hall–Kier alpha value is -0.220. The van der Waals surface area contributed by atoms with Gasteiger partial charge in [-0.05, 0) is 26.0 Å². The molecule has 0 aromatic heterocycles. The third-order valence-electron chi connectivity index (χ3n) is 3.05. The molecule has 4 heteroatoms. The van der Waals surface area contributed by atoms with Gasteiger partial charge < -0.3 is 10.6 Å². The number of rotatable bonds is 6. The van der Waals surface area contributed by atoms with Gasteiger partial charge in [0.2, 0.25) is 5.91 Å². The number of nitrogens with one attached hydrogen (secondary N) is 2. The van der Waals surface area contributed by atoms with Gasteiger partial charge in [0.05, 0.1) is 6.54 Å². The topological polar surface area (TPSA) is 41.1 Å². The van der Waals surface area contributed by atoms with Gasteiger partial charge in [0.25, 0.3) is 0 Å². The van der Waals surface area contributed by atoms with Crippen LogP contribution in [0.15, 0.2) is 0 Å². The van der Waals surface area contributed by atoms with Crippen LogP contribution in [0.2, 0.25) is 0 Å². The quantitative estimate of drug-likeness (QED) is 0.724. The molecule has 2 N–H and O–H groups in total. The van der Waals surface area contributed by atoms with Gasteiger partial charge >= 0.3 is 0 Å². The molecule has 0 radical (unpaired) electrons. The van der Waals surface area contributed by atoms with Gasteiger partial charge in [-0.3, -0.25) is 4.79 Å². The zero-order valence-corrected chi connectivity index (χ0v) is 10.6. The van der Waals surface area contributed by atoms with Crippen molar-refractivity contribution in [3.05, 3.63) is 0 Å². The molecule has 0 spiro atoms. The van der Waals surface area contributed by atoms with E-state index < -0.39 is 0 Å². The van der Waals surface area contributed by atoms with Crippen LogP contribution in [0.4, 0.5) is 0 Å². The average Bonchev–Trinajstić information content (AvgIpc) is 2.68. The fourth-order valence-electron chi connectivity index (χ4n) is 2.14. The predicted molar refractivity (Wildman–Crippen MR) is 66.3 cm³/mol. The fraction of sp³-hybridized carbons (Fsp3) is 0.909. The van der Waals surface area contributed by atoms with Crippen LogP contribution in [0.25, 0.3) is 0 Å². The van der Waals surface area contributed by atoms with Crippen LogP contribution in [0.3, 0.4) is 0 Å². The van der Waals surface area contributed by atoms with Crippen LogP contribution in [0.1, 0.15) is 32.6 Å². The van der Waals surface area contributed by atoms with Crippen molar-refractivity contribution in [2.45, 2.75) is 37.4 Å². The van der Waals surface area contributed by atoms with E-state index in [0.29, 0.717) is 17.8 Å². The Labute approximate surface area is 96.8 Å². The minimum Gasteiger partial charge on any atom is -0.355 e. The van der Waals surface area contributed by atoms with Gasteiger partial charge in [0.15, 0.2) is 0 Å². The standard InChI is InChI=1S/C11H22N2OS/c1-3-13-10(14)8-12-9-11(15-2)6-4-5-7-11/h12H,3-9H2,1-2H3,(H,13,14). The van der Waals surface area contributed by atoms with Crippen molar-refractivity contribution in [1.82, 2.24) is 10.6 Å². The van der Waals surface area contributed by atoms with E-state index in [9.17, 15) is 4.79 Å². The molecular weight excluding hydrogens is 208 g/mol. The Morgan fingerprint density at radius 2 is 2.07 bits per heavy atom. The van der Waals surface area contributed by atoms with Crippen LogP contribution in [0.5, 0.6) is 0 Å². The number of thioether (sulfide) groups is 1. The lowest BCUT2D eigenvalue weighted by molar-refractivity contribution is -0.120. The first-order valence-electron chi connectivity index (χ1n) is 5.75. The largest absolute Gasteiger partial charge is 0.355 e. The smallest absolute Gasteiger partial charge is 0.233 e. The maximum atomic E-state index is 11.2. The van der Waals surface area contributed by atoms with Gasteiger partial charge in [-0.25, -0.2) is 0 Å². The molecule has 3 nitrogen and oxygen atoms in total. The number of hydrogen-bond acceptors (Lipinski definition) is 3. The van der Waals surface area contributed by atoms with E-state index in [1.54, 1.807) is 0 Å². The van der Waals surface area contributed by atoms with Gasteiger partial charge in [-0.2, -0.15) is 11.8 Å². The maximum absolute atomic E-state index is 11.2. The van der Waals surface area contributed by atoms with E-state index in [-0.39, 0.29) is 5.91 Å². The molecule has 0 aliphatic heterocycles. The van der Waals surface area contributed by atoms with Crippen LogP contribution in [-0.2, 0) is 4.79 Å². The molecule has 88 valence electrons. The first-order chi connectivity index (χ1) is 7.22. The van der Waals surface area contributed by atoms with Crippen molar-refractivity contribution in [2.75, 3.05) is 25.9 Å². The summed E-state index contributed by atoms with van der Waals surface area (Å²) in [6.45, 7) is 4.08. The van der Waals surface area contributed by atoms with Crippen molar-refractivity contribution in [2.24, 2.45) is 0 Å². The van der Waals surface area contributed by atoms with Gasteiger partial charge in [0.1, 0.15) is 0 Å². The van der Waals surface area contributed by atoms with Crippen LogP contribution >= 0.6 is 11.8 Å². The number of carbonyl (C=O) groups excluding carboxylic acids is 1. The molecule has 0 unspecified atom stereocenters. The Morgan fingerprint density at radius 3 is 2.60 bits per heavy atom. The molecule has 0 heterocycles. The van der Waals surface area contributed by atoms with E-state index in [1.165, 1.54) is 25.7 Å². The number of carbonyl (C=O) groups is 1. The van der Waals surface area contributed by atoms with E-state index in [4.69, 9.17) is 0 Å². The third-order valence-corrected chi connectivity index (χ3v) is 4.47. The lowest BCUT2D eigenvalue weighted by Crippen LogP contribution is -2.40. The SMILES string of the molecule is CCNC(=O)CNCC1(SC)CCCC1. The summed E-state index contributed by atoms with van der Waals surface area (Å²) in [6.07, 6.45) is 7.43. The van der Waals surface area contributed by atoms with Crippen LogP contribution < -0.4 is 10.6 Å². The van der Waals surface area contributed by atoms with E-state index in [1.807, 2.05) is 18.7 Å². The third kappa shape index (κ3) is 4.03. The molecule has 1 fully saturated rings. The lowest BCUT2D eigenvalue weighted by atomic mass is 10.1. The van der Waals surface area contributed by atoms with Gasteiger partial charge in [-0.15, -0.1) is 0 Å². The molecule has 1 aliphatic carbocycles. The molecule has 1 aliphatic rings. The highest BCUT2D eigenvalue weighted by atomic mass is 32.2. The highest BCUT2D eigenvalue weighted by Crippen LogP contribution is 2.39. The highest BCUT2D eigenvalue weighted by Gasteiger charge is 2.32. The predicted octanol–water partition coefficient (Wildman–Crippen LogP) is 1.39. The Morgan fingerprint density at radius 1 is 1.40 bits per heavy atom. The van der Waals surface area contributed by atoms with Crippen molar-refractivity contribution >= 4 is 17.7 Å². The zero-order valence-electron chi connectivity index (χ0n) is 9.77. The fourth-order valence-corrected chi connectivity index (χ4v) is 3.08. The zero-order chi connectivity index (χ0) is 11.1. The molecule has 0 aromatic carbocycles. The molecule has 1 saturated carbocycles. The Bertz CT molecular complexity index is 203. The van der Waals surface area contributed by atoms with Crippen molar-refractivity contribution in [3.8, 4) is 0 Å². The number of amides is 1. The van der Waals surface area contributed by atoms with Crippen LogP contribution in [-0.4, -0.2) is 36.5 Å². The van der Waals surface area contributed by atoms with Crippen molar-refractivity contribution in [3.63, 3.8) is 0 Å². The summed E-state index contributed by atoms with van der Waals surface area (Å²) in [6, 6.07) is 0. The summed E-state index contributed by atoms with van der Waals surface area (Å²) in [4.78, 5) is 11.2.